The highest BCUT2D eigenvalue weighted by atomic mass is 32.2. The summed E-state index contributed by atoms with van der Waals surface area (Å²) in [7, 11) is -3.64. The van der Waals surface area contributed by atoms with E-state index in [1.807, 2.05) is 11.0 Å². The highest BCUT2D eigenvalue weighted by Gasteiger charge is 2.38. The molecule has 9 heteroatoms. The quantitative estimate of drug-likeness (QED) is 0.697. The lowest BCUT2D eigenvalue weighted by Gasteiger charge is -2.34. The largest absolute Gasteiger partial charge is 0.486 e. The fraction of sp³-hybridized carbons (Fsp3) is 0.500. The number of ether oxygens (including phenoxy) is 2. The van der Waals surface area contributed by atoms with Gasteiger partial charge in [0.25, 0.3) is 0 Å². The van der Waals surface area contributed by atoms with Gasteiger partial charge in [0, 0.05) is 36.5 Å². The number of likely N-dealkylation sites (tertiary alicyclic amines) is 1. The molecule has 0 N–H and O–H groups in total. The average molecular weight is 463 g/mol. The van der Waals surface area contributed by atoms with E-state index in [1.54, 1.807) is 23.5 Å². The Morgan fingerprint density at radius 1 is 1.00 bits per heavy atom. The van der Waals surface area contributed by atoms with Crippen LogP contribution in [0.25, 0.3) is 0 Å². The van der Waals surface area contributed by atoms with E-state index in [1.165, 1.54) is 15.2 Å². The molecular weight excluding hydrogens is 436 g/mol. The van der Waals surface area contributed by atoms with E-state index >= 15 is 0 Å². The van der Waals surface area contributed by atoms with Crippen LogP contribution in [0.5, 0.6) is 11.5 Å². The number of amides is 1. The molecule has 1 amide bonds. The van der Waals surface area contributed by atoms with Crippen LogP contribution in [-0.2, 0) is 14.8 Å². The van der Waals surface area contributed by atoms with Crippen molar-refractivity contribution in [1.82, 2.24) is 9.21 Å². The van der Waals surface area contributed by atoms with Crippen molar-refractivity contribution in [2.75, 3.05) is 32.8 Å². The normalized spacial score (nSPS) is 22.6. The van der Waals surface area contributed by atoms with Crippen molar-refractivity contribution in [1.29, 1.82) is 0 Å². The van der Waals surface area contributed by atoms with Crippen LogP contribution in [0.4, 0.5) is 0 Å². The Balaban J connectivity index is 1.25. The molecule has 1 aromatic heterocycles. The predicted molar refractivity (Wildman–Crippen MR) is 117 cm³/mol. The molecule has 0 aliphatic carbocycles. The lowest BCUT2D eigenvalue weighted by atomic mass is 9.96. The Hall–Kier alpha value is -2.10. The van der Waals surface area contributed by atoms with Crippen molar-refractivity contribution in [3.63, 3.8) is 0 Å². The third-order valence-corrected chi connectivity index (χ3v) is 9.23. The third-order valence-electron chi connectivity index (χ3n) is 6.36. The molecule has 2 saturated heterocycles. The number of hydrogen-bond donors (Lipinski definition) is 0. The van der Waals surface area contributed by atoms with Crippen LogP contribution < -0.4 is 9.47 Å². The van der Waals surface area contributed by atoms with Gasteiger partial charge >= 0.3 is 0 Å². The summed E-state index contributed by atoms with van der Waals surface area (Å²) in [6, 6.07) is 9.06. The first-order valence-corrected chi connectivity index (χ1v) is 13.1. The molecule has 1 aromatic carbocycles. The summed E-state index contributed by atoms with van der Waals surface area (Å²) in [4.78, 5) is 16.7. The van der Waals surface area contributed by atoms with Crippen LogP contribution in [0.1, 0.15) is 36.6 Å². The summed E-state index contributed by atoms with van der Waals surface area (Å²) in [6.45, 7) is 2.37. The Labute approximate surface area is 186 Å². The standard InChI is InChI=1S/C22H26N2O5S2/c25-22(24-9-1-3-18(24)21-4-2-14-30-21)16-7-10-23(11-8-16)31(26,27)17-5-6-19-20(15-17)29-13-12-28-19/h2,4-6,14-16,18H,1,3,7-13H2/t18-/m0/s1. The first-order chi connectivity index (χ1) is 15.0. The van der Waals surface area contributed by atoms with Crippen LogP contribution >= 0.6 is 11.3 Å². The molecule has 31 heavy (non-hydrogen) atoms. The first-order valence-electron chi connectivity index (χ1n) is 10.8. The van der Waals surface area contributed by atoms with Crippen LogP contribution in [0.3, 0.4) is 0 Å². The van der Waals surface area contributed by atoms with Gasteiger partial charge < -0.3 is 14.4 Å². The molecule has 2 fully saturated rings. The molecule has 0 spiro atoms. The van der Waals surface area contributed by atoms with Gasteiger partial charge in [-0.15, -0.1) is 11.3 Å². The van der Waals surface area contributed by atoms with Crippen molar-refractivity contribution in [3.8, 4) is 11.5 Å². The summed E-state index contributed by atoms with van der Waals surface area (Å²) in [5.74, 6) is 1.09. The van der Waals surface area contributed by atoms with Gasteiger partial charge in [-0.25, -0.2) is 8.42 Å². The molecule has 166 valence electrons. The second-order valence-electron chi connectivity index (χ2n) is 8.19. The van der Waals surface area contributed by atoms with Gasteiger partial charge in [-0.3, -0.25) is 4.79 Å². The molecule has 5 rings (SSSR count). The molecule has 7 nitrogen and oxygen atoms in total. The summed E-state index contributed by atoms with van der Waals surface area (Å²) in [5, 5.41) is 2.05. The first kappa shape index (κ1) is 20.8. The summed E-state index contributed by atoms with van der Waals surface area (Å²) in [6.07, 6.45) is 3.13. The summed E-state index contributed by atoms with van der Waals surface area (Å²) < 4.78 is 38.8. The van der Waals surface area contributed by atoms with Crippen LogP contribution in [0, 0.1) is 5.92 Å². The maximum Gasteiger partial charge on any atom is 0.243 e. The molecule has 3 aliphatic rings. The zero-order valence-electron chi connectivity index (χ0n) is 17.2. The average Bonchev–Trinajstić information content (AvgIpc) is 3.50. The zero-order chi connectivity index (χ0) is 21.4. The minimum atomic E-state index is -3.64. The van der Waals surface area contributed by atoms with Gasteiger partial charge in [-0.2, -0.15) is 4.31 Å². The number of carbonyl (C=O) groups excluding carboxylic acids is 1. The molecule has 0 saturated carbocycles. The Kier molecular flexibility index (Phi) is 5.66. The van der Waals surface area contributed by atoms with E-state index in [0.29, 0.717) is 50.6 Å². The topological polar surface area (TPSA) is 76.2 Å². The molecule has 2 aromatic rings. The lowest BCUT2D eigenvalue weighted by Crippen LogP contribution is -2.44. The Morgan fingerprint density at radius 3 is 2.52 bits per heavy atom. The SMILES string of the molecule is O=C(C1CCN(S(=O)(=O)c2ccc3c(c2)OCCO3)CC1)N1CCC[C@H]1c1cccs1. The Morgan fingerprint density at radius 2 is 1.77 bits per heavy atom. The zero-order valence-corrected chi connectivity index (χ0v) is 18.9. The van der Waals surface area contributed by atoms with Gasteiger partial charge in [-0.1, -0.05) is 6.07 Å². The highest BCUT2D eigenvalue weighted by Crippen LogP contribution is 2.38. The van der Waals surface area contributed by atoms with E-state index in [2.05, 4.69) is 11.4 Å². The molecule has 0 unspecified atom stereocenters. The van der Waals surface area contributed by atoms with Crippen molar-refractivity contribution in [3.05, 3.63) is 40.6 Å². The van der Waals surface area contributed by atoms with Crippen LogP contribution in [0.2, 0.25) is 0 Å². The number of fused-ring (bicyclic) bond motifs is 1. The van der Waals surface area contributed by atoms with Crippen molar-refractivity contribution in [2.45, 2.75) is 36.6 Å². The maximum atomic E-state index is 13.2. The maximum absolute atomic E-state index is 13.2. The minimum Gasteiger partial charge on any atom is -0.486 e. The van der Waals surface area contributed by atoms with Gasteiger partial charge in [0.15, 0.2) is 11.5 Å². The Bertz CT molecular complexity index is 1050. The lowest BCUT2D eigenvalue weighted by molar-refractivity contribution is -0.137. The van der Waals surface area contributed by atoms with Crippen molar-refractivity contribution >= 4 is 27.3 Å². The van der Waals surface area contributed by atoms with Crippen LogP contribution in [-0.4, -0.2) is 56.4 Å². The number of hydrogen-bond acceptors (Lipinski definition) is 6. The van der Waals surface area contributed by atoms with E-state index < -0.39 is 10.0 Å². The monoisotopic (exact) mass is 462 g/mol. The molecule has 0 bridgehead atoms. The van der Waals surface area contributed by atoms with Gasteiger partial charge in [0.2, 0.25) is 15.9 Å². The van der Waals surface area contributed by atoms with Gasteiger partial charge in [0.1, 0.15) is 13.2 Å². The smallest absolute Gasteiger partial charge is 0.243 e. The number of nitrogens with zero attached hydrogens (tertiary/aromatic N) is 2. The molecular formula is C22H26N2O5S2. The van der Waals surface area contributed by atoms with Crippen molar-refractivity contribution < 1.29 is 22.7 Å². The van der Waals surface area contributed by atoms with E-state index in [-0.39, 0.29) is 22.8 Å². The number of benzene rings is 1. The number of piperidine rings is 1. The predicted octanol–water partition coefficient (Wildman–Crippen LogP) is 3.28. The minimum absolute atomic E-state index is 0.118. The molecule has 4 heterocycles. The number of carbonyl (C=O) groups is 1. The van der Waals surface area contributed by atoms with Crippen LogP contribution in [0.15, 0.2) is 40.6 Å². The van der Waals surface area contributed by atoms with E-state index in [0.717, 1.165) is 19.4 Å². The molecule has 1 atom stereocenters. The van der Waals surface area contributed by atoms with Crippen molar-refractivity contribution in [2.24, 2.45) is 5.92 Å². The number of rotatable bonds is 4. The number of sulfonamides is 1. The molecule has 3 aliphatic heterocycles. The summed E-state index contributed by atoms with van der Waals surface area (Å²) >= 11 is 1.70. The highest BCUT2D eigenvalue weighted by molar-refractivity contribution is 7.89. The third kappa shape index (κ3) is 3.94. The van der Waals surface area contributed by atoms with Gasteiger partial charge in [0.05, 0.1) is 10.9 Å². The molecule has 0 radical (unpaired) electrons. The number of thiophene rings is 1. The van der Waals surface area contributed by atoms with E-state index in [9.17, 15) is 13.2 Å². The van der Waals surface area contributed by atoms with Gasteiger partial charge in [-0.05, 0) is 49.3 Å². The fourth-order valence-corrected chi connectivity index (χ4v) is 7.08. The second kappa shape index (κ2) is 8.44. The van der Waals surface area contributed by atoms with E-state index in [4.69, 9.17) is 9.47 Å². The second-order valence-corrected chi connectivity index (χ2v) is 11.1. The fourth-order valence-electron chi connectivity index (χ4n) is 4.72. The summed E-state index contributed by atoms with van der Waals surface area (Å²) in [5.41, 5.74) is 0.